The van der Waals surface area contributed by atoms with Gasteiger partial charge in [-0.05, 0) is 105 Å². The Kier molecular flexibility index (Phi) is 8.69. The fraction of sp³-hybridized carbons (Fsp3) is 0.0577. The van der Waals surface area contributed by atoms with Gasteiger partial charge in [0.05, 0.1) is 17.1 Å². The van der Waals surface area contributed by atoms with Crippen LogP contribution in [-0.4, -0.2) is 21.5 Å². The van der Waals surface area contributed by atoms with E-state index in [-0.39, 0.29) is 0 Å². The van der Waals surface area contributed by atoms with Crippen LogP contribution in [0.1, 0.15) is 23.1 Å². The van der Waals surface area contributed by atoms with E-state index in [1.165, 1.54) is 38.6 Å². The third kappa shape index (κ3) is 6.52. The summed E-state index contributed by atoms with van der Waals surface area (Å²) in [6.07, 6.45) is 14.8. The van der Waals surface area contributed by atoms with Gasteiger partial charge in [-0.15, -0.1) is 0 Å². The van der Waals surface area contributed by atoms with E-state index in [9.17, 15) is 0 Å². The maximum Gasteiger partial charge on any atom is 0.160 e. The first kappa shape index (κ1) is 33.4. The average Bonchev–Trinajstić information content (AvgIpc) is 3.29. The fourth-order valence-electron chi connectivity index (χ4n) is 7.99. The molecule has 3 heterocycles. The molecule has 0 unspecified atom stereocenters. The Labute approximate surface area is 327 Å². The fourth-order valence-corrected chi connectivity index (χ4v) is 7.99. The Hall–Kier alpha value is -7.17. The molecule has 0 saturated heterocycles. The molecule has 10 rings (SSSR count). The Bertz CT molecular complexity index is 2830. The average molecular weight is 719 g/mol. The van der Waals surface area contributed by atoms with Crippen LogP contribution in [0.2, 0.25) is 0 Å². The lowest BCUT2D eigenvalue weighted by Crippen LogP contribution is -2.14. The van der Waals surface area contributed by atoms with Crippen molar-refractivity contribution in [2.75, 3.05) is 6.54 Å². The minimum absolute atomic E-state index is 0.685. The van der Waals surface area contributed by atoms with Crippen molar-refractivity contribution < 1.29 is 0 Å². The van der Waals surface area contributed by atoms with Gasteiger partial charge < -0.3 is 5.32 Å². The quantitative estimate of drug-likeness (QED) is 0.178. The van der Waals surface area contributed by atoms with E-state index in [2.05, 4.69) is 174 Å². The Balaban J connectivity index is 1.16. The van der Waals surface area contributed by atoms with E-state index in [4.69, 9.17) is 9.97 Å². The summed E-state index contributed by atoms with van der Waals surface area (Å²) in [6.45, 7) is 0.827. The van der Waals surface area contributed by atoms with Crippen LogP contribution in [0.3, 0.4) is 0 Å². The van der Waals surface area contributed by atoms with Gasteiger partial charge in [0, 0.05) is 40.7 Å². The molecule has 1 aliphatic carbocycles. The van der Waals surface area contributed by atoms with E-state index in [0.29, 0.717) is 5.82 Å². The van der Waals surface area contributed by atoms with Crippen LogP contribution in [0.4, 0.5) is 0 Å². The van der Waals surface area contributed by atoms with Crippen LogP contribution < -0.4 is 5.32 Å². The van der Waals surface area contributed by atoms with Gasteiger partial charge in [0.2, 0.25) is 0 Å². The van der Waals surface area contributed by atoms with Crippen LogP contribution in [0, 0.1) is 0 Å². The molecule has 0 radical (unpaired) electrons. The summed E-state index contributed by atoms with van der Waals surface area (Å²) in [5, 5.41) is 5.92. The van der Waals surface area contributed by atoms with E-state index in [1.807, 2.05) is 24.4 Å². The molecule has 0 atom stereocenters. The number of rotatable bonds is 7. The zero-order valence-corrected chi connectivity index (χ0v) is 30.9. The Morgan fingerprint density at radius 2 is 1.16 bits per heavy atom. The second kappa shape index (κ2) is 14.6. The Morgan fingerprint density at radius 3 is 1.91 bits per heavy atom. The van der Waals surface area contributed by atoms with Crippen molar-refractivity contribution in [3.63, 3.8) is 0 Å². The highest BCUT2D eigenvalue weighted by molar-refractivity contribution is 5.98. The van der Waals surface area contributed by atoms with Crippen molar-refractivity contribution >= 4 is 22.5 Å². The molecule has 0 fully saturated rings. The van der Waals surface area contributed by atoms with Gasteiger partial charge in [-0.2, -0.15) is 0 Å². The molecule has 0 amide bonds. The maximum absolute atomic E-state index is 5.35. The molecule has 4 heteroatoms. The summed E-state index contributed by atoms with van der Waals surface area (Å²) in [5.41, 5.74) is 16.5. The summed E-state index contributed by atoms with van der Waals surface area (Å²) >= 11 is 0. The topological polar surface area (TPSA) is 50.7 Å². The molecule has 1 aliphatic heterocycles. The number of benzene rings is 6. The molecule has 0 saturated carbocycles. The predicted molar refractivity (Wildman–Crippen MR) is 232 cm³/mol. The number of allylic oxidation sites excluding steroid dienone is 3. The molecule has 1 N–H and O–H groups in total. The van der Waals surface area contributed by atoms with E-state index in [0.717, 1.165) is 75.5 Å². The second-order valence-electron chi connectivity index (χ2n) is 14.4. The van der Waals surface area contributed by atoms with Crippen molar-refractivity contribution in [2.45, 2.75) is 12.8 Å². The third-order valence-electron chi connectivity index (χ3n) is 10.8. The minimum Gasteiger partial charge on any atom is -0.381 e. The SMILES string of the molecule is C1=CCNC(c2ccc(-c3cc(-c4ccc(-c5ccccn5)cc4)nc(-c4cc(-c5cccc6c5CCC=C6)cc(-c5cccc6ccccc56)c4)n3)cc2)=C1. The number of hydrogen-bond acceptors (Lipinski definition) is 4. The van der Waals surface area contributed by atoms with E-state index >= 15 is 0 Å². The highest BCUT2D eigenvalue weighted by atomic mass is 14.9. The molecule has 266 valence electrons. The van der Waals surface area contributed by atoms with Crippen LogP contribution >= 0.6 is 0 Å². The molecule has 4 nitrogen and oxygen atoms in total. The number of pyridine rings is 1. The highest BCUT2D eigenvalue weighted by Gasteiger charge is 2.18. The molecule has 8 aromatic rings. The first-order chi connectivity index (χ1) is 27.7. The maximum atomic E-state index is 5.35. The normalized spacial score (nSPS) is 13.2. The first-order valence-corrected chi connectivity index (χ1v) is 19.3. The van der Waals surface area contributed by atoms with Crippen molar-refractivity contribution in [1.82, 2.24) is 20.3 Å². The van der Waals surface area contributed by atoms with Crippen molar-refractivity contribution in [3.05, 3.63) is 199 Å². The lowest BCUT2D eigenvalue weighted by atomic mass is 9.87. The van der Waals surface area contributed by atoms with Gasteiger partial charge in [0.15, 0.2) is 5.82 Å². The standard InChI is InChI=1S/C52H38N4/c1-3-15-44-35(11-1)13-9-17-46(44)41-31-42(47-18-10-14-36-12-2-4-16-45(36)47)33-43(32-41)52-55-50(39-25-21-37(22-26-39)48-19-5-7-29-53-48)34-51(56-52)40-27-23-38(24-28-40)49-20-6-8-30-54-49/h1-3,5-15,17-29,31-34,54H,4,16,30H2. The van der Waals surface area contributed by atoms with E-state index in [1.54, 1.807) is 0 Å². The summed E-state index contributed by atoms with van der Waals surface area (Å²) in [5.74, 6) is 0.685. The van der Waals surface area contributed by atoms with Crippen LogP contribution in [0.25, 0.3) is 90.0 Å². The number of dihydropyridines is 1. The molecule has 0 bridgehead atoms. The number of hydrogen-bond donors (Lipinski definition) is 1. The molecular formula is C52H38N4. The summed E-state index contributed by atoms with van der Waals surface area (Å²) in [4.78, 5) is 15.3. The zero-order chi connectivity index (χ0) is 37.3. The highest BCUT2D eigenvalue weighted by Crippen LogP contribution is 2.39. The van der Waals surface area contributed by atoms with Crippen molar-refractivity contribution in [1.29, 1.82) is 0 Å². The Morgan fingerprint density at radius 1 is 0.500 bits per heavy atom. The molecule has 2 aromatic heterocycles. The van der Waals surface area contributed by atoms with Crippen molar-refractivity contribution in [2.24, 2.45) is 0 Å². The number of nitrogens with one attached hydrogen (secondary N) is 1. The van der Waals surface area contributed by atoms with Gasteiger partial charge in [-0.1, -0.05) is 140 Å². The van der Waals surface area contributed by atoms with Gasteiger partial charge >= 0.3 is 0 Å². The van der Waals surface area contributed by atoms with Gasteiger partial charge in [-0.25, -0.2) is 9.97 Å². The number of aromatic nitrogens is 3. The molecule has 2 aliphatic rings. The molecule has 56 heavy (non-hydrogen) atoms. The van der Waals surface area contributed by atoms with Crippen LogP contribution in [0.5, 0.6) is 0 Å². The van der Waals surface area contributed by atoms with Gasteiger partial charge in [0.1, 0.15) is 0 Å². The summed E-state index contributed by atoms with van der Waals surface area (Å²) in [7, 11) is 0. The van der Waals surface area contributed by atoms with E-state index < -0.39 is 0 Å². The largest absolute Gasteiger partial charge is 0.381 e. The minimum atomic E-state index is 0.685. The van der Waals surface area contributed by atoms with Crippen LogP contribution in [-0.2, 0) is 6.42 Å². The third-order valence-corrected chi connectivity index (χ3v) is 10.8. The smallest absolute Gasteiger partial charge is 0.160 e. The van der Waals surface area contributed by atoms with Gasteiger partial charge in [0.25, 0.3) is 0 Å². The monoisotopic (exact) mass is 718 g/mol. The molecule has 0 spiro atoms. The zero-order valence-electron chi connectivity index (χ0n) is 30.9. The van der Waals surface area contributed by atoms with Gasteiger partial charge in [-0.3, -0.25) is 4.98 Å². The first-order valence-electron chi connectivity index (χ1n) is 19.3. The lowest BCUT2D eigenvalue weighted by Gasteiger charge is -2.18. The summed E-state index contributed by atoms with van der Waals surface area (Å²) < 4.78 is 0. The molecular weight excluding hydrogens is 681 g/mol. The second-order valence-corrected chi connectivity index (χ2v) is 14.4. The van der Waals surface area contributed by atoms with Crippen LogP contribution in [0.15, 0.2) is 182 Å². The molecule has 6 aromatic carbocycles. The lowest BCUT2D eigenvalue weighted by molar-refractivity contribution is 0.988. The number of nitrogens with zero attached hydrogens (tertiary/aromatic N) is 3. The summed E-state index contributed by atoms with van der Waals surface area (Å²) in [6, 6.07) is 54.1. The number of fused-ring (bicyclic) bond motifs is 2. The predicted octanol–water partition coefficient (Wildman–Crippen LogP) is 12.5. The van der Waals surface area contributed by atoms with Crippen molar-refractivity contribution in [3.8, 4) is 67.4 Å².